The van der Waals surface area contributed by atoms with E-state index in [1.807, 2.05) is 0 Å². The Morgan fingerprint density at radius 3 is 2.33 bits per heavy atom. The molecule has 18 heavy (non-hydrogen) atoms. The first-order valence-corrected chi connectivity index (χ1v) is 6.07. The minimum atomic E-state index is -0.0232. The van der Waals surface area contributed by atoms with Gasteiger partial charge in [0.05, 0.1) is 12.9 Å². The molecule has 0 unspecified atom stereocenters. The lowest BCUT2D eigenvalue weighted by Gasteiger charge is -2.19. The first-order valence-electron chi connectivity index (χ1n) is 6.07. The fourth-order valence-corrected chi connectivity index (χ4v) is 1.80. The summed E-state index contributed by atoms with van der Waals surface area (Å²) in [5.41, 5.74) is 2.54. The van der Waals surface area contributed by atoms with Crippen molar-refractivity contribution in [3.63, 3.8) is 0 Å². The van der Waals surface area contributed by atoms with Gasteiger partial charge >= 0.3 is 0 Å². The van der Waals surface area contributed by atoms with Gasteiger partial charge in [-0.3, -0.25) is 9.36 Å². The van der Waals surface area contributed by atoms with Crippen LogP contribution in [-0.2, 0) is 12.0 Å². The molecule has 0 radical (unpaired) electrons. The second kappa shape index (κ2) is 4.77. The van der Waals surface area contributed by atoms with Crippen molar-refractivity contribution in [2.24, 2.45) is 0 Å². The molecular formula is C15H18N2O. The number of hydrogen-bond acceptors (Lipinski definition) is 2. The van der Waals surface area contributed by atoms with Gasteiger partial charge in [0.15, 0.2) is 0 Å². The Labute approximate surface area is 107 Å². The van der Waals surface area contributed by atoms with E-state index in [1.54, 1.807) is 10.9 Å². The number of hydrogen-bond donors (Lipinski definition) is 0. The summed E-state index contributed by atoms with van der Waals surface area (Å²) in [6.07, 6.45) is 3.08. The van der Waals surface area contributed by atoms with Crippen molar-refractivity contribution in [3.8, 4) is 0 Å². The van der Waals surface area contributed by atoms with Crippen molar-refractivity contribution in [1.29, 1.82) is 0 Å². The molecule has 0 bridgehead atoms. The molecule has 94 valence electrons. The quantitative estimate of drug-likeness (QED) is 0.811. The molecular weight excluding hydrogens is 224 g/mol. The zero-order valence-corrected chi connectivity index (χ0v) is 11.1. The molecule has 0 N–H and O–H groups in total. The third-order valence-corrected chi connectivity index (χ3v) is 2.97. The second-order valence-corrected chi connectivity index (χ2v) is 5.49. The molecule has 1 aromatic heterocycles. The van der Waals surface area contributed by atoms with E-state index < -0.39 is 0 Å². The molecule has 0 aliphatic rings. The molecule has 0 amide bonds. The van der Waals surface area contributed by atoms with Gasteiger partial charge in [-0.15, -0.1) is 0 Å². The molecule has 0 aliphatic heterocycles. The highest BCUT2D eigenvalue weighted by atomic mass is 16.1. The first kappa shape index (κ1) is 12.6. The van der Waals surface area contributed by atoms with Gasteiger partial charge in [-0.2, -0.15) is 0 Å². The number of rotatable bonds is 2. The molecule has 0 saturated carbocycles. The van der Waals surface area contributed by atoms with Crippen LogP contribution < -0.4 is 5.56 Å². The predicted molar refractivity (Wildman–Crippen MR) is 72.7 cm³/mol. The average Bonchev–Trinajstić information content (AvgIpc) is 2.32. The zero-order valence-electron chi connectivity index (χ0n) is 11.1. The number of benzene rings is 1. The monoisotopic (exact) mass is 242 g/mol. The summed E-state index contributed by atoms with van der Waals surface area (Å²) >= 11 is 0. The van der Waals surface area contributed by atoms with Gasteiger partial charge < -0.3 is 0 Å². The number of aromatic nitrogens is 2. The average molecular weight is 242 g/mol. The minimum Gasteiger partial charge on any atom is -0.295 e. The highest BCUT2D eigenvalue weighted by molar-refractivity contribution is 5.27. The Kier molecular flexibility index (Phi) is 3.32. The van der Waals surface area contributed by atoms with Crippen molar-refractivity contribution in [3.05, 3.63) is 64.3 Å². The smallest absolute Gasteiger partial charge is 0.253 e. The van der Waals surface area contributed by atoms with E-state index in [4.69, 9.17) is 0 Å². The summed E-state index contributed by atoms with van der Waals surface area (Å²) in [6.45, 7) is 7.13. The Hall–Kier alpha value is -1.90. The fraction of sp³-hybridized carbons (Fsp3) is 0.333. The van der Waals surface area contributed by atoms with E-state index in [2.05, 4.69) is 50.0 Å². The highest BCUT2D eigenvalue weighted by Gasteiger charge is 2.12. The van der Waals surface area contributed by atoms with Crippen molar-refractivity contribution < 1.29 is 0 Å². The molecule has 2 rings (SSSR count). The van der Waals surface area contributed by atoms with Crippen LogP contribution in [0.2, 0.25) is 0 Å². The van der Waals surface area contributed by atoms with E-state index in [0.717, 1.165) is 5.56 Å². The first-order chi connectivity index (χ1) is 8.47. The van der Waals surface area contributed by atoms with E-state index in [-0.39, 0.29) is 11.0 Å². The molecule has 1 heterocycles. The normalized spacial score (nSPS) is 11.5. The molecule has 0 fully saturated rings. The molecule has 2 aromatic rings. The maximum absolute atomic E-state index is 11.6. The van der Waals surface area contributed by atoms with Crippen LogP contribution in [0.3, 0.4) is 0 Å². The van der Waals surface area contributed by atoms with E-state index >= 15 is 0 Å². The van der Waals surface area contributed by atoms with Crippen LogP contribution in [-0.4, -0.2) is 9.55 Å². The lowest BCUT2D eigenvalue weighted by molar-refractivity contribution is 0.589. The summed E-state index contributed by atoms with van der Waals surface area (Å²) in [6, 6.07) is 9.86. The Morgan fingerprint density at radius 2 is 1.78 bits per heavy atom. The van der Waals surface area contributed by atoms with Gasteiger partial charge in [0.25, 0.3) is 5.56 Å². The van der Waals surface area contributed by atoms with Gasteiger partial charge in [0.1, 0.15) is 0 Å². The maximum atomic E-state index is 11.6. The molecule has 0 aliphatic carbocycles. The third-order valence-electron chi connectivity index (χ3n) is 2.97. The number of nitrogens with zero attached hydrogens (tertiary/aromatic N) is 2. The van der Waals surface area contributed by atoms with Crippen molar-refractivity contribution >= 4 is 0 Å². The second-order valence-electron chi connectivity index (χ2n) is 5.49. The maximum Gasteiger partial charge on any atom is 0.253 e. The highest BCUT2D eigenvalue weighted by Crippen LogP contribution is 2.22. The van der Waals surface area contributed by atoms with E-state index in [1.165, 1.54) is 17.8 Å². The Bertz CT molecular complexity index is 576. The molecule has 3 nitrogen and oxygen atoms in total. The molecule has 0 spiro atoms. The standard InChI is InChI=1S/C15H18N2O/c1-15(2,3)13-6-4-12(5-7-13)10-17-11-16-9-8-14(17)18/h4-9,11H,10H2,1-3H3. The largest absolute Gasteiger partial charge is 0.295 e. The van der Waals surface area contributed by atoms with Crippen LogP contribution >= 0.6 is 0 Å². The van der Waals surface area contributed by atoms with Crippen molar-refractivity contribution in [1.82, 2.24) is 9.55 Å². The van der Waals surface area contributed by atoms with Crippen LogP contribution in [0.15, 0.2) is 47.7 Å². The summed E-state index contributed by atoms with van der Waals surface area (Å²) in [5.74, 6) is 0. The van der Waals surface area contributed by atoms with Gasteiger partial charge in [-0.1, -0.05) is 45.0 Å². The van der Waals surface area contributed by atoms with Crippen LogP contribution in [0, 0.1) is 0 Å². The molecule has 0 atom stereocenters. The molecule has 1 aromatic carbocycles. The fourth-order valence-electron chi connectivity index (χ4n) is 1.80. The molecule has 0 saturated heterocycles. The topological polar surface area (TPSA) is 34.9 Å². The van der Waals surface area contributed by atoms with E-state index in [0.29, 0.717) is 6.54 Å². The minimum absolute atomic E-state index is 0.0232. The van der Waals surface area contributed by atoms with Crippen LogP contribution in [0.4, 0.5) is 0 Å². The lowest BCUT2D eigenvalue weighted by atomic mass is 9.87. The van der Waals surface area contributed by atoms with Gasteiger partial charge in [0.2, 0.25) is 0 Å². The third kappa shape index (κ3) is 2.86. The van der Waals surface area contributed by atoms with E-state index in [9.17, 15) is 4.79 Å². The van der Waals surface area contributed by atoms with Crippen LogP contribution in [0.25, 0.3) is 0 Å². The summed E-state index contributed by atoms with van der Waals surface area (Å²) in [4.78, 5) is 15.5. The van der Waals surface area contributed by atoms with Crippen molar-refractivity contribution in [2.75, 3.05) is 0 Å². The molecule has 3 heteroatoms. The summed E-state index contributed by atoms with van der Waals surface area (Å²) in [7, 11) is 0. The van der Waals surface area contributed by atoms with Crippen molar-refractivity contribution in [2.45, 2.75) is 32.7 Å². The zero-order chi connectivity index (χ0) is 13.2. The van der Waals surface area contributed by atoms with Gasteiger partial charge in [-0.25, -0.2) is 4.98 Å². The summed E-state index contributed by atoms with van der Waals surface area (Å²) < 4.78 is 1.60. The van der Waals surface area contributed by atoms with Gasteiger partial charge in [-0.05, 0) is 16.5 Å². The van der Waals surface area contributed by atoms with Crippen LogP contribution in [0.5, 0.6) is 0 Å². The summed E-state index contributed by atoms with van der Waals surface area (Å²) in [5, 5.41) is 0. The lowest BCUT2D eigenvalue weighted by Crippen LogP contribution is -2.19. The SMILES string of the molecule is CC(C)(C)c1ccc(Cn2cnccc2=O)cc1. The van der Waals surface area contributed by atoms with Gasteiger partial charge in [0, 0.05) is 12.3 Å². The predicted octanol–water partition coefficient (Wildman–Crippen LogP) is 2.59. The Morgan fingerprint density at radius 1 is 1.11 bits per heavy atom. The van der Waals surface area contributed by atoms with Crippen LogP contribution in [0.1, 0.15) is 31.9 Å². The Balaban J connectivity index is 2.22.